The van der Waals surface area contributed by atoms with Crippen molar-refractivity contribution in [2.75, 3.05) is 6.54 Å². The van der Waals surface area contributed by atoms with Crippen LogP contribution in [0.5, 0.6) is 0 Å². The number of nitrogens with one attached hydrogen (secondary N) is 1. The summed E-state index contributed by atoms with van der Waals surface area (Å²) in [6, 6.07) is 5.73. The predicted molar refractivity (Wildman–Crippen MR) is 65.3 cm³/mol. The van der Waals surface area contributed by atoms with E-state index in [1.165, 1.54) is 6.26 Å². The van der Waals surface area contributed by atoms with E-state index in [4.69, 9.17) is 9.52 Å². The van der Waals surface area contributed by atoms with Crippen molar-refractivity contribution >= 4 is 22.8 Å². The number of fused-ring (bicyclic) bond motifs is 1. The van der Waals surface area contributed by atoms with Crippen molar-refractivity contribution in [2.45, 2.75) is 13.3 Å². The molecule has 1 aromatic carbocycles. The highest BCUT2D eigenvalue weighted by Gasteiger charge is 2.11. The number of amides is 1. The number of carbonyl (C=O) groups is 2. The standard InChI is InChI=1S/C13H13NO4/c1-8-2-3-10-9(7-18-11(10)4-8)5-12(15)14-6-13(16)17/h2-4,7H,5-6H2,1H3,(H,14,15)(H,16,17). The zero-order chi connectivity index (χ0) is 13.1. The van der Waals surface area contributed by atoms with E-state index in [1.54, 1.807) is 0 Å². The normalized spacial score (nSPS) is 10.5. The summed E-state index contributed by atoms with van der Waals surface area (Å²) < 4.78 is 5.36. The molecular weight excluding hydrogens is 234 g/mol. The summed E-state index contributed by atoms with van der Waals surface area (Å²) in [4.78, 5) is 21.8. The van der Waals surface area contributed by atoms with Crippen molar-refractivity contribution in [3.63, 3.8) is 0 Å². The van der Waals surface area contributed by atoms with Crippen molar-refractivity contribution in [1.82, 2.24) is 5.32 Å². The molecule has 0 aliphatic heterocycles. The first-order chi connectivity index (χ1) is 8.56. The fourth-order valence-corrected chi connectivity index (χ4v) is 1.74. The van der Waals surface area contributed by atoms with Crippen LogP contribution >= 0.6 is 0 Å². The lowest BCUT2D eigenvalue weighted by molar-refractivity contribution is -0.137. The lowest BCUT2D eigenvalue weighted by Gasteiger charge is -2.00. The first kappa shape index (κ1) is 12.2. The van der Waals surface area contributed by atoms with Crippen molar-refractivity contribution in [3.05, 3.63) is 35.6 Å². The molecule has 2 aromatic rings. The largest absolute Gasteiger partial charge is 0.480 e. The Hall–Kier alpha value is -2.30. The van der Waals surface area contributed by atoms with Crippen molar-refractivity contribution in [3.8, 4) is 0 Å². The molecule has 1 heterocycles. The lowest BCUT2D eigenvalue weighted by Crippen LogP contribution is -2.30. The smallest absolute Gasteiger partial charge is 0.322 e. The van der Waals surface area contributed by atoms with Gasteiger partial charge in [0.25, 0.3) is 0 Å². The highest BCUT2D eigenvalue weighted by molar-refractivity contribution is 5.89. The molecule has 0 radical (unpaired) electrons. The van der Waals surface area contributed by atoms with E-state index in [1.807, 2.05) is 25.1 Å². The SMILES string of the molecule is Cc1ccc2c(CC(=O)NCC(=O)O)coc2c1. The predicted octanol–water partition coefficient (Wildman–Crippen LogP) is 1.48. The maximum absolute atomic E-state index is 11.5. The Balaban J connectivity index is 2.12. The summed E-state index contributed by atoms with van der Waals surface area (Å²) in [5, 5.41) is 11.7. The highest BCUT2D eigenvalue weighted by Crippen LogP contribution is 2.22. The lowest BCUT2D eigenvalue weighted by atomic mass is 10.1. The van der Waals surface area contributed by atoms with Gasteiger partial charge in [0.15, 0.2) is 0 Å². The number of carboxylic acids is 1. The molecule has 0 unspecified atom stereocenters. The monoisotopic (exact) mass is 247 g/mol. The third-order valence-electron chi connectivity index (χ3n) is 2.60. The summed E-state index contributed by atoms with van der Waals surface area (Å²) in [5.74, 6) is -1.39. The second-order valence-electron chi connectivity index (χ2n) is 4.11. The summed E-state index contributed by atoms with van der Waals surface area (Å²) in [5.41, 5.74) is 2.57. The van der Waals surface area contributed by atoms with Crippen molar-refractivity contribution in [2.24, 2.45) is 0 Å². The van der Waals surface area contributed by atoms with Gasteiger partial charge in [0, 0.05) is 10.9 Å². The molecule has 0 spiro atoms. The maximum atomic E-state index is 11.5. The van der Waals surface area contributed by atoms with Gasteiger partial charge in [0.1, 0.15) is 12.1 Å². The molecule has 94 valence electrons. The van der Waals surface area contributed by atoms with Gasteiger partial charge in [0.2, 0.25) is 5.91 Å². The summed E-state index contributed by atoms with van der Waals surface area (Å²) in [6.45, 7) is 1.59. The summed E-state index contributed by atoms with van der Waals surface area (Å²) in [6.07, 6.45) is 1.65. The van der Waals surface area contributed by atoms with Gasteiger partial charge >= 0.3 is 5.97 Å². The van der Waals surface area contributed by atoms with E-state index in [0.717, 1.165) is 22.1 Å². The number of hydrogen-bond donors (Lipinski definition) is 2. The van der Waals surface area contributed by atoms with Crippen LogP contribution in [-0.4, -0.2) is 23.5 Å². The van der Waals surface area contributed by atoms with E-state index < -0.39 is 5.97 Å². The van der Waals surface area contributed by atoms with Gasteiger partial charge in [-0.2, -0.15) is 0 Å². The molecule has 0 atom stereocenters. The minimum atomic E-state index is -1.06. The number of hydrogen-bond acceptors (Lipinski definition) is 3. The Morgan fingerprint density at radius 3 is 2.89 bits per heavy atom. The first-order valence-corrected chi connectivity index (χ1v) is 5.51. The van der Waals surface area contributed by atoms with Crippen LogP contribution in [0.1, 0.15) is 11.1 Å². The molecule has 2 N–H and O–H groups in total. The number of furan rings is 1. The van der Waals surface area contributed by atoms with E-state index >= 15 is 0 Å². The molecule has 18 heavy (non-hydrogen) atoms. The van der Waals surface area contributed by atoms with Crippen LogP contribution in [0.3, 0.4) is 0 Å². The van der Waals surface area contributed by atoms with Crippen LogP contribution in [0.2, 0.25) is 0 Å². The van der Waals surface area contributed by atoms with E-state index in [0.29, 0.717) is 0 Å². The molecule has 2 rings (SSSR count). The van der Waals surface area contributed by atoms with Gasteiger partial charge in [-0.05, 0) is 18.6 Å². The third-order valence-corrected chi connectivity index (χ3v) is 2.60. The quantitative estimate of drug-likeness (QED) is 0.857. The van der Waals surface area contributed by atoms with Crippen LogP contribution in [0.25, 0.3) is 11.0 Å². The molecule has 0 aliphatic carbocycles. The number of benzene rings is 1. The van der Waals surface area contributed by atoms with Gasteiger partial charge in [-0.25, -0.2) is 0 Å². The number of carboxylic acid groups (broad SMARTS) is 1. The molecule has 1 amide bonds. The van der Waals surface area contributed by atoms with E-state index in [2.05, 4.69) is 5.32 Å². The first-order valence-electron chi connectivity index (χ1n) is 5.51. The van der Waals surface area contributed by atoms with Crippen LogP contribution in [0, 0.1) is 6.92 Å². The highest BCUT2D eigenvalue weighted by atomic mass is 16.4. The Labute approximate surface area is 103 Å². The molecule has 0 fully saturated rings. The number of aliphatic carboxylic acids is 1. The average molecular weight is 247 g/mol. The summed E-state index contributed by atoms with van der Waals surface area (Å²) >= 11 is 0. The second-order valence-corrected chi connectivity index (χ2v) is 4.11. The Bertz CT molecular complexity index is 600. The van der Waals surface area contributed by atoms with Gasteiger partial charge in [0.05, 0.1) is 12.7 Å². The fourth-order valence-electron chi connectivity index (χ4n) is 1.74. The minimum absolute atomic E-state index is 0.114. The minimum Gasteiger partial charge on any atom is -0.480 e. The average Bonchev–Trinajstić information content (AvgIpc) is 2.69. The molecule has 0 aliphatic rings. The zero-order valence-corrected chi connectivity index (χ0v) is 9.90. The van der Waals surface area contributed by atoms with E-state index in [9.17, 15) is 9.59 Å². The second kappa shape index (κ2) is 4.91. The van der Waals surface area contributed by atoms with Crippen LogP contribution < -0.4 is 5.32 Å². The Kier molecular flexibility index (Phi) is 3.32. The van der Waals surface area contributed by atoms with Gasteiger partial charge < -0.3 is 14.8 Å². The van der Waals surface area contributed by atoms with Gasteiger partial charge in [-0.15, -0.1) is 0 Å². The number of aryl methyl sites for hydroxylation is 1. The molecule has 5 nitrogen and oxygen atoms in total. The number of carbonyl (C=O) groups excluding carboxylic acids is 1. The van der Waals surface area contributed by atoms with Crippen LogP contribution in [0.15, 0.2) is 28.9 Å². The molecule has 0 saturated carbocycles. The molecule has 1 aromatic heterocycles. The Morgan fingerprint density at radius 1 is 1.39 bits per heavy atom. The Morgan fingerprint density at radius 2 is 2.17 bits per heavy atom. The zero-order valence-electron chi connectivity index (χ0n) is 9.90. The molecule has 0 bridgehead atoms. The number of rotatable bonds is 4. The third kappa shape index (κ3) is 2.68. The fraction of sp³-hybridized carbons (Fsp3) is 0.231. The maximum Gasteiger partial charge on any atom is 0.322 e. The topological polar surface area (TPSA) is 79.5 Å². The molecular formula is C13H13NO4. The van der Waals surface area contributed by atoms with Crippen LogP contribution in [0.4, 0.5) is 0 Å². The van der Waals surface area contributed by atoms with Gasteiger partial charge in [-0.1, -0.05) is 12.1 Å². The van der Waals surface area contributed by atoms with Crippen molar-refractivity contribution in [1.29, 1.82) is 0 Å². The van der Waals surface area contributed by atoms with Crippen LogP contribution in [-0.2, 0) is 16.0 Å². The molecule has 0 saturated heterocycles. The van der Waals surface area contributed by atoms with E-state index in [-0.39, 0.29) is 18.9 Å². The summed E-state index contributed by atoms with van der Waals surface area (Å²) in [7, 11) is 0. The van der Waals surface area contributed by atoms with Gasteiger partial charge in [-0.3, -0.25) is 9.59 Å². The molecule has 5 heteroatoms. The van der Waals surface area contributed by atoms with Crippen molar-refractivity contribution < 1.29 is 19.1 Å².